The molecule has 148 valence electrons. The SMILES string of the molecule is C#Cc1ccc2ccccc2c1-c1c(C#Cc2ccccc2C=O)ccc2ccccc12. The second-order valence-corrected chi connectivity index (χ2v) is 7.52. The number of terminal acetylenes is 1. The van der Waals surface area contributed by atoms with Gasteiger partial charge in [0, 0.05) is 33.4 Å². The largest absolute Gasteiger partial charge is 0.298 e. The Morgan fingerprint density at radius 2 is 1.09 bits per heavy atom. The molecule has 0 radical (unpaired) electrons. The topological polar surface area (TPSA) is 17.1 Å². The molecule has 0 spiro atoms. The van der Waals surface area contributed by atoms with E-state index in [1.165, 1.54) is 0 Å². The van der Waals surface area contributed by atoms with E-state index in [4.69, 9.17) is 6.42 Å². The van der Waals surface area contributed by atoms with Crippen LogP contribution in [0.3, 0.4) is 0 Å². The normalized spacial score (nSPS) is 10.3. The third-order valence-electron chi connectivity index (χ3n) is 5.68. The smallest absolute Gasteiger partial charge is 0.151 e. The van der Waals surface area contributed by atoms with Crippen molar-refractivity contribution in [2.45, 2.75) is 0 Å². The third kappa shape index (κ3) is 3.33. The van der Waals surface area contributed by atoms with Crippen LogP contribution in [0.25, 0.3) is 32.7 Å². The molecule has 5 rings (SSSR count). The van der Waals surface area contributed by atoms with Crippen LogP contribution in [0.1, 0.15) is 27.0 Å². The quantitative estimate of drug-likeness (QED) is 0.231. The van der Waals surface area contributed by atoms with Gasteiger partial charge in [0.1, 0.15) is 0 Å². The van der Waals surface area contributed by atoms with Crippen LogP contribution in [0, 0.1) is 24.2 Å². The number of carbonyl (C=O) groups is 1. The fourth-order valence-electron chi connectivity index (χ4n) is 4.15. The first kappa shape index (κ1) is 19.4. The van der Waals surface area contributed by atoms with Gasteiger partial charge in [0.15, 0.2) is 6.29 Å². The van der Waals surface area contributed by atoms with E-state index in [2.05, 4.69) is 54.2 Å². The molecule has 0 aromatic heterocycles. The Morgan fingerprint density at radius 1 is 0.562 bits per heavy atom. The monoisotopic (exact) mass is 406 g/mol. The van der Waals surface area contributed by atoms with Crippen molar-refractivity contribution in [2.75, 3.05) is 0 Å². The third-order valence-corrected chi connectivity index (χ3v) is 5.68. The number of fused-ring (bicyclic) bond motifs is 2. The molecule has 1 nitrogen and oxygen atoms in total. The van der Waals surface area contributed by atoms with Crippen molar-refractivity contribution < 1.29 is 4.79 Å². The van der Waals surface area contributed by atoms with Crippen LogP contribution >= 0.6 is 0 Å². The van der Waals surface area contributed by atoms with Gasteiger partial charge in [-0.25, -0.2) is 0 Å². The molecule has 0 saturated carbocycles. The number of carbonyl (C=O) groups excluding carboxylic acids is 1. The minimum absolute atomic E-state index is 0.580. The fraction of sp³-hybridized carbons (Fsp3) is 0. The predicted molar refractivity (Wildman–Crippen MR) is 133 cm³/mol. The van der Waals surface area contributed by atoms with Gasteiger partial charge in [0.2, 0.25) is 0 Å². The summed E-state index contributed by atoms with van der Waals surface area (Å²) in [6.07, 6.45) is 6.79. The first-order valence-electron chi connectivity index (χ1n) is 10.4. The Balaban J connectivity index is 1.87. The second-order valence-electron chi connectivity index (χ2n) is 7.52. The first-order valence-corrected chi connectivity index (χ1v) is 10.4. The van der Waals surface area contributed by atoms with Crippen LogP contribution in [-0.4, -0.2) is 6.29 Å². The van der Waals surface area contributed by atoms with Gasteiger partial charge in [0.05, 0.1) is 0 Å². The highest BCUT2D eigenvalue weighted by molar-refractivity contribution is 6.09. The maximum atomic E-state index is 11.4. The van der Waals surface area contributed by atoms with E-state index in [1.54, 1.807) is 6.07 Å². The molecule has 0 aliphatic rings. The van der Waals surface area contributed by atoms with Gasteiger partial charge in [-0.3, -0.25) is 4.79 Å². The first-order chi connectivity index (χ1) is 15.8. The van der Waals surface area contributed by atoms with Crippen molar-refractivity contribution in [2.24, 2.45) is 0 Å². The van der Waals surface area contributed by atoms with Crippen LogP contribution in [-0.2, 0) is 0 Å². The van der Waals surface area contributed by atoms with E-state index in [1.807, 2.05) is 54.6 Å². The average molecular weight is 406 g/mol. The summed E-state index contributed by atoms with van der Waals surface area (Å²) in [6.45, 7) is 0. The second kappa shape index (κ2) is 8.27. The summed E-state index contributed by atoms with van der Waals surface area (Å²) < 4.78 is 0. The molecule has 5 aromatic rings. The molecule has 0 aliphatic carbocycles. The number of benzene rings is 5. The molecule has 0 heterocycles. The summed E-state index contributed by atoms with van der Waals surface area (Å²) in [7, 11) is 0. The molecule has 0 N–H and O–H groups in total. The maximum Gasteiger partial charge on any atom is 0.151 e. The molecule has 32 heavy (non-hydrogen) atoms. The molecule has 0 unspecified atom stereocenters. The van der Waals surface area contributed by atoms with E-state index in [9.17, 15) is 4.79 Å². The lowest BCUT2D eigenvalue weighted by molar-refractivity contribution is 0.112. The Bertz CT molecular complexity index is 1600. The van der Waals surface area contributed by atoms with E-state index < -0.39 is 0 Å². The Hall–Kier alpha value is -4.59. The van der Waals surface area contributed by atoms with Gasteiger partial charge in [0.25, 0.3) is 0 Å². The molecular formula is C31H18O. The summed E-state index contributed by atoms with van der Waals surface area (Å²) in [5, 5.41) is 4.43. The molecular weight excluding hydrogens is 388 g/mol. The van der Waals surface area contributed by atoms with Crippen LogP contribution in [0.4, 0.5) is 0 Å². The van der Waals surface area contributed by atoms with Gasteiger partial charge < -0.3 is 0 Å². The summed E-state index contributed by atoms with van der Waals surface area (Å²) in [5.41, 5.74) is 5.02. The van der Waals surface area contributed by atoms with Crippen molar-refractivity contribution in [1.29, 1.82) is 0 Å². The molecule has 0 amide bonds. The van der Waals surface area contributed by atoms with Crippen LogP contribution in [0.15, 0.2) is 97.1 Å². The summed E-state index contributed by atoms with van der Waals surface area (Å²) >= 11 is 0. The lowest BCUT2D eigenvalue weighted by Gasteiger charge is -2.15. The standard InChI is InChI=1S/C31H18O/c1-2-22-15-17-24-10-5-7-13-28(24)30(22)31-26(20-18-25-11-6-8-14-29(25)31)19-16-23-9-3-4-12-27(23)21-32/h1,3-15,17-18,20-21H. The average Bonchev–Trinajstić information content (AvgIpc) is 2.86. The van der Waals surface area contributed by atoms with Gasteiger partial charge in [-0.05, 0) is 39.7 Å². The van der Waals surface area contributed by atoms with Gasteiger partial charge in [-0.15, -0.1) is 6.42 Å². The summed E-state index contributed by atoms with van der Waals surface area (Å²) in [5.74, 6) is 9.42. The van der Waals surface area contributed by atoms with E-state index in [-0.39, 0.29) is 0 Å². The maximum absolute atomic E-state index is 11.4. The minimum Gasteiger partial charge on any atom is -0.298 e. The van der Waals surface area contributed by atoms with Gasteiger partial charge in [-0.2, -0.15) is 0 Å². The van der Waals surface area contributed by atoms with Crippen LogP contribution in [0.2, 0.25) is 0 Å². The lowest BCUT2D eigenvalue weighted by atomic mass is 9.87. The van der Waals surface area contributed by atoms with Crippen molar-refractivity contribution >= 4 is 27.8 Å². The lowest BCUT2D eigenvalue weighted by Crippen LogP contribution is -1.93. The molecule has 0 atom stereocenters. The van der Waals surface area contributed by atoms with E-state index in [0.717, 1.165) is 50.1 Å². The minimum atomic E-state index is 0.580. The number of hydrogen-bond donors (Lipinski definition) is 0. The molecule has 0 bridgehead atoms. The zero-order chi connectivity index (χ0) is 21.9. The van der Waals surface area contributed by atoms with Gasteiger partial charge >= 0.3 is 0 Å². The van der Waals surface area contributed by atoms with Crippen LogP contribution < -0.4 is 0 Å². The zero-order valence-electron chi connectivity index (χ0n) is 17.3. The van der Waals surface area contributed by atoms with Crippen molar-refractivity contribution in [3.05, 3.63) is 119 Å². The predicted octanol–water partition coefficient (Wildman–Crippen LogP) is 6.85. The molecule has 5 aromatic carbocycles. The van der Waals surface area contributed by atoms with E-state index >= 15 is 0 Å². The highest BCUT2D eigenvalue weighted by Crippen LogP contribution is 2.38. The molecule has 0 aliphatic heterocycles. The van der Waals surface area contributed by atoms with Crippen molar-refractivity contribution in [3.8, 4) is 35.3 Å². The highest BCUT2D eigenvalue weighted by atomic mass is 16.1. The highest BCUT2D eigenvalue weighted by Gasteiger charge is 2.15. The molecule has 1 heteroatoms. The van der Waals surface area contributed by atoms with Crippen LogP contribution in [0.5, 0.6) is 0 Å². The fourth-order valence-corrected chi connectivity index (χ4v) is 4.15. The number of rotatable bonds is 2. The Kier molecular flexibility index (Phi) is 5.01. The summed E-state index contributed by atoms with van der Waals surface area (Å²) in [4.78, 5) is 11.4. The van der Waals surface area contributed by atoms with Crippen molar-refractivity contribution in [3.63, 3.8) is 0 Å². The molecule has 0 fully saturated rings. The van der Waals surface area contributed by atoms with Crippen molar-refractivity contribution in [1.82, 2.24) is 0 Å². The van der Waals surface area contributed by atoms with E-state index in [0.29, 0.717) is 11.1 Å². The zero-order valence-corrected chi connectivity index (χ0v) is 17.3. The number of hydrogen-bond acceptors (Lipinski definition) is 1. The molecule has 0 saturated heterocycles. The summed E-state index contributed by atoms with van der Waals surface area (Å²) in [6, 6.07) is 32.1. The van der Waals surface area contributed by atoms with Gasteiger partial charge in [-0.1, -0.05) is 96.6 Å². The Morgan fingerprint density at radius 3 is 1.75 bits per heavy atom. The Labute approximate surface area is 187 Å². The number of aldehydes is 1.